The highest BCUT2D eigenvalue weighted by atomic mass is 19.1. The number of fused-ring (bicyclic) bond motifs is 1. The van der Waals surface area contributed by atoms with Crippen molar-refractivity contribution in [2.24, 2.45) is 5.18 Å². The second-order valence-electron chi connectivity index (χ2n) is 8.86. The fourth-order valence-electron chi connectivity index (χ4n) is 3.69. The van der Waals surface area contributed by atoms with Gasteiger partial charge in [0.15, 0.2) is 0 Å². The Hall–Kier alpha value is -3.48. The highest BCUT2D eigenvalue weighted by molar-refractivity contribution is 5.87. The molecule has 32 heavy (non-hydrogen) atoms. The van der Waals surface area contributed by atoms with Crippen LogP contribution in [0.3, 0.4) is 0 Å². The Balaban J connectivity index is 1.53. The van der Waals surface area contributed by atoms with E-state index in [9.17, 15) is 14.1 Å². The Morgan fingerprint density at radius 1 is 1.16 bits per heavy atom. The number of hydrogen-bond donors (Lipinski definition) is 0. The standard InChI is InChI=1S/C25H25FN2O4/c1-25(2,3)32-24(29)28-10-8-16(9-11-28)23-14-20-12-17(6-7-22(20)31-23)18-4-5-19(15-27-30)21(26)13-18/h4-8,12-14H,9-11,15H2,1-3H3. The van der Waals surface area contributed by atoms with Crippen LogP contribution in [0.4, 0.5) is 9.18 Å². The second kappa shape index (κ2) is 8.57. The van der Waals surface area contributed by atoms with Crippen molar-refractivity contribution >= 4 is 22.6 Å². The molecule has 0 unspecified atom stereocenters. The minimum Gasteiger partial charge on any atom is -0.456 e. The average molecular weight is 436 g/mol. The molecule has 1 aromatic heterocycles. The fourth-order valence-corrected chi connectivity index (χ4v) is 3.69. The van der Waals surface area contributed by atoms with Crippen LogP contribution in [0.2, 0.25) is 0 Å². The first-order chi connectivity index (χ1) is 15.2. The summed E-state index contributed by atoms with van der Waals surface area (Å²) in [4.78, 5) is 24.3. The largest absolute Gasteiger partial charge is 0.456 e. The highest BCUT2D eigenvalue weighted by Crippen LogP contribution is 2.32. The third kappa shape index (κ3) is 4.72. The maximum atomic E-state index is 14.2. The van der Waals surface area contributed by atoms with E-state index in [1.165, 1.54) is 6.07 Å². The number of nitrogens with zero attached hydrogens (tertiary/aromatic N) is 2. The molecule has 1 aliphatic rings. The molecule has 1 amide bonds. The van der Waals surface area contributed by atoms with Gasteiger partial charge in [0, 0.05) is 24.0 Å². The van der Waals surface area contributed by atoms with Crippen molar-refractivity contribution in [3.05, 3.63) is 70.6 Å². The van der Waals surface area contributed by atoms with Crippen molar-refractivity contribution in [3.63, 3.8) is 0 Å². The smallest absolute Gasteiger partial charge is 0.410 e. The van der Waals surface area contributed by atoms with Gasteiger partial charge in [0.25, 0.3) is 0 Å². The lowest BCUT2D eigenvalue weighted by Crippen LogP contribution is -2.39. The topological polar surface area (TPSA) is 72.1 Å². The van der Waals surface area contributed by atoms with Crippen LogP contribution in [0.25, 0.3) is 27.7 Å². The van der Waals surface area contributed by atoms with E-state index >= 15 is 0 Å². The monoisotopic (exact) mass is 436 g/mol. The van der Waals surface area contributed by atoms with Crippen LogP contribution in [0.15, 0.2) is 58.1 Å². The summed E-state index contributed by atoms with van der Waals surface area (Å²) >= 11 is 0. The lowest BCUT2D eigenvalue weighted by Gasteiger charge is -2.29. The molecule has 2 aromatic carbocycles. The van der Waals surface area contributed by atoms with Crippen molar-refractivity contribution in [2.45, 2.75) is 39.3 Å². The van der Waals surface area contributed by atoms with Crippen LogP contribution in [-0.2, 0) is 11.3 Å². The Morgan fingerprint density at radius 3 is 2.56 bits per heavy atom. The summed E-state index contributed by atoms with van der Waals surface area (Å²) in [6.07, 6.45) is 2.34. The summed E-state index contributed by atoms with van der Waals surface area (Å²) < 4.78 is 25.7. The van der Waals surface area contributed by atoms with E-state index in [4.69, 9.17) is 9.15 Å². The maximum absolute atomic E-state index is 14.2. The zero-order valence-corrected chi connectivity index (χ0v) is 18.4. The van der Waals surface area contributed by atoms with Gasteiger partial charge in [-0.25, -0.2) is 9.18 Å². The van der Waals surface area contributed by atoms with Crippen LogP contribution in [-0.4, -0.2) is 29.7 Å². The number of nitroso groups, excluding NO2 is 1. The Bertz CT molecular complexity index is 1210. The second-order valence-corrected chi connectivity index (χ2v) is 8.86. The first-order valence-corrected chi connectivity index (χ1v) is 10.5. The normalized spacial score (nSPS) is 14.4. The van der Waals surface area contributed by atoms with Crippen molar-refractivity contribution in [3.8, 4) is 11.1 Å². The van der Waals surface area contributed by atoms with Crippen LogP contribution < -0.4 is 0 Å². The van der Waals surface area contributed by atoms with Crippen LogP contribution >= 0.6 is 0 Å². The summed E-state index contributed by atoms with van der Waals surface area (Å²) in [5, 5.41) is 3.66. The van der Waals surface area contributed by atoms with E-state index in [0.29, 0.717) is 25.1 Å². The van der Waals surface area contributed by atoms with Crippen LogP contribution in [0.5, 0.6) is 0 Å². The molecule has 0 spiro atoms. The van der Waals surface area contributed by atoms with Crippen LogP contribution in [0, 0.1) is 10.7 Å². The first kappa shape index (κ1) is 21.7. The molecule has 0 saturated carbocycles. The first-order valence-electron chi connectivity index (χ1n) is 10.5. The number of rotatable bonds is 4. The van der Waals surface area contributed by atoms with Gasteiger partial charge in [-0.2, -0.15) is 4.91 Å². The molecular weight excluding hydrogens is 411 g/mol. The Labute approximate surface area is 185 Å². The molecular formula is C25H25FN2O4. The van der Waals surface area contributed by atoms with Gasteiger partial charge in [0.2, 0.25) is 0 Å². The van der Waals surface area contributed by atoms with E-state index < -0.39 is 11.4 Å². The fraction of sp³-hybridized carbons (Fsp3) is 0.320. The minimum absolute atomic E-state index is 0.184. The SMILES string of the molecule is CC(C)(C)OC(=O)N1CC=C(c2cc3cc(-c4ccc(CN=O)c(F)c4)ccc3o2)CC1. The van der Waals surface area contributed by atoms with E-state index in [0.717, 1.165) is 27.9 Å². The molecule has 4 rings (SSSR count). The maximum Gasteiger partial charge on any atom is 0.410 e. The molecule has 0 fully saturated rings. The van der Waals surface area contributed by atoms with Crippen molar-refractivity contribution in [1.29, 1.82) is 0 Å². The van der Waals surface area contributed by atoms with E-state index in [-0.39, 0.29) is 18.2 Å². The summed E-state index contributed by atoms with van der Waals surface area (Å²) in [7, 11) is 0. The van der Waals surface area contributed by atoms with Gasteiger partial charge in [0.05, 0.1) is 0 Å². The number of furan rings is 1. The Kier molecular flexibility index (Phi) is 5.82. The molecule has 1 aliphatic heterocycles. The van der Waals surface area contributed by atoms with Gasteiger partial charge in [-0.05, 0) is 68.2 Å². The van der Waals surface area contributed by atoms with Gasteiger partial charge in [-0.1, -0.05) is 29.5 Å². The molecule has 0 bridgehead atoms. The predicted molar refractivity (Wildman–Crippen MR) is 122 cm³/mol. The molecule has 0 atom stereocenters. The van der Waals surface area contributed by atoms with E-state index in [1.54, 1.807) is 17.0 Å². The third-order valence-electron chi connectivity index (χ3n) is 5.31. The molecule has 0 N–H and O–H groups in total. The quantitative estimate of drug-likeness (QED) is 0.436. The molecule has 7 heteroatoms. The molecule has 166 valence electrons. The number of amides is 1. The number of halogens is 1. The van der Waals surface area contributed by atoms with Crippen molar-refractivity contribution < 1.29 is 18.3 Å². The lowest BCUT2D eigenvalue weighted by atomic mass is 10.0. The molecule has 0 aliphatic carbocycles. The average Bonchev–Trinajstić information content (AvgIpc) is 3.17. The van der Waals surface area contributed by atoms with Gasteiger partial charge in [0.1, 0.15) is 29.3 Å². The summed E-state index contributed by atoms with van der Waals surface area (Å²) in [5.41, 5.74) is 3.10. The third-order valence-corrected chi connectivity index (χ3v) is 5.31. The molecule has 6 nitrogen and oxygen atoms in total. The molecule has 3 aromatic rings. The number of carbonyl (C=O) groups is 1. The highest BCUT2D eigenvalue weighted by Gasteiger charge is 2.24. The van der Waals surface area contributed by atoms with Crippen LogP contribution in [0.1, 0.15) is 38.5 Å². The van der Waals surface area contributed by atoms with Crippen molar-refractivity contribution in [2.75, 3.05) is 13.1 Å². The van der Waals surface area contributed by atoms with Gasteiger partial charge in [-0.3, -0.25) is 0 Å². The number of hydrogen-bond acceptors (Lipinski definition) is 5. The van der Waals surface area contributed by atoms with Crippen molar-refractivity contribution in [1.82, 2.24) is 4.90 Å². The summed E-state index contributed by atoms with van der Waals surface area (Å²) in [6.45, 7) is 6.40. The van der Waals surface area contributed by atoms with E-state index in [1.807, 2.05) is 51.1 Å². The number of benzene rings is 2. The number of ether oxygens (including phenoxy) is 1. The zero-order valence-electron chi connectivity index (χ0n) is 18.4. The zero-order chi connectivity index (χ0) is 22.9. The summed E-state index contributed by atoms with van der Waals surface area (Å²) in [6, 6.07) is 12.4. The molecule has 0 radical (unpaired) electrons. The molecule has 2 heterocycles. The molecule has 0 saturated heterocycles. The predicted octanol–water partition coefficient (Wildman–Crippen LogP) is 6.53. The van der Waals surface area contributed by atoms with Gasteiger partial charge < -0.3 is 14.1 Å². The Morgan fingerprint density at radius 2 is 1.91 bits per heavy atom. The van der Waals surface area contributed by atoms with E-state index in [2.05, 4.69) is 5.18 Å². The summed E-state index contributed by atoms with van der Waals surface area (Å²) in [5.74, 6) is 0.316. The number of carbonyl (C=O) groups excluding carboxylic acids is 1. The van der Waals surface area contributed by atoms with Gasteiger partial charge in [-0.15, -0.1) is 0 Å². The lowest BCUT2D eigenvalue weighted by molar-refractivity contribution is 0.0270. The van der Waals surface area contributed by atoms with Gasteiger partial charge >= 0.3 is 6.09 Å². The minimum atomic E-state index is -0.522.